The Morgan fingerprint density at radius 2 is 0.529 bits per heavy atom. The highest BCUT2D eigenvalue weighted by atomic mass is 15.2. The Balaban J connectivity index is 0.827. The van der Waals surface area contributed by atoms with E-state index in [1.807, 2.05) is 0 Å². The molecule has 2 heteroatoms. The van der Waals surface area contributed by atoms with Gasteiger partial charge in [-0.15, -0.1) is 0 Å². The molecule has 11 saturated carbocycles. The molecular formula is C68H114N2. The minimum Gasteiger partial charge on any atom is -0.294 e. The van der Waals surface area contributed by atoms with E-state index in [2.05, 4.69) is 61.8 Å². The summed E-state index contributed by atoms with van der Waals surface area (Å²) in [5, 5.41) is 0. The van der Waals surface area contributed by atoms with Gasteiger partial charge >= 0.3 is 0 Å². The molecule has 8 atom stereocenters. The lowest BCUT2D eigenvalue weighted by Crippen LogP contribution is -2.65. The lowest BCUT2D eigenvalue weighted by Gasteiger charge is -2.64. The molecule has 0 spiro atoms. The Bertz CT molecular complexity index is 1590. The first-order valence-electron chi connectivity index (χ1n) is 33.3. The van der Waals surface area contributed by atoms with Crippen LogP contribution in [0.4, 0.5) is 0 Å². The van der Waals surface area contributed by atoms with Crippen LogP contribution in [0.1, 0.15) is 272 Å². The van der Waals surface area contributed by atoms with Crippen molar-refractivity contribution < 1.29 is 0 Å². The van der Waals surface area contributed by atoms with Gasteiger partial charge in [-0.2, -0.15) is 0 Å². The number of hydrogen-bond donors (Lipinski definition) is 0. The maximum atomic E-state index is 3.51. The molecule has 0 bridgehead atoms. The van der Waals surface area contributed by atoms with Crippen LogP contribution in [0.2, 0.25) is 0 Å². The van der Waals surface area contributed by atoms with Crippen LogP contribution in [0.3, 0.4) is 0 Å². The van der Waals surface area contributed by atoms with Crippen LogP contribution >= 0.6 is 0 Å². The first kappa shape index (κ1) is 51.5. The van der Waals surface area contributed by atoms with Crippen LogP contribution in [0.25, 0.3) is 0 Å². The van der Waals surface area contributed by atoms with Crippen molar-refractivity contribution in [1.29, 1.82) is 0 Å². The average molecular weight is 960 g/mol. The molecule has 396 valence electrons. The first-order chi connectivity index (χ1) is 34.3. The predicted octanol–water partition coefficient (Wildman–Crippen LogP) is 18.8. The van der Waals surface area contributed by atoms with Crippen molar-refractivity contribution in [3.8, 4) is 0 Å². The molecule has 0 amide bonds. The Hall–Kier alpha value is -0.600. The fraction of sp³-hybridized carbons (Fsp3) is 0.941. The van der Waals surface area contributed by atoms with Crippen LogP contribution in [-0.4, -0.2) is 46.1 Å². The number of nitrogens with zero attached hydrogens (tertiary/aromatic N) is 2. The lowest BCUT2D eigenvalue weighted by molar-refractivity contribution is -0.153. The van der Waals surface area contributed by atoms with E-state index in [4.69, 9.17) is 0 Å². The molecule has 0 radical (unpaired) electrons. The largest absolute Gasteiger partial charge is 0.294 e. The van der Waals surface area contributed by atoms with Crippen LogP contribution in [0, 0.1) is 94.7 Å². The average Bonchev–Trinajstić information content (AvgIpc) is 3.40. The predicted molar refractivity (Wildman–Crippen MR) is 299 cm³/mol. The van der Waals surface area contributed by atoms with E-state index in [9.17, 15) is 0 Å². The molecule has 11 rings (SSSR count). The van der Waals surface area contributed by atoms with Gasteiger partial charge in [0.25, 0.3) is 0 Å². The zero-order valence-corrected chi connectivity index (χ0v) is 46.8. The highest BCUT2D eigenvalue weighted by Gasteiger charge is 2.59. The van der Waals surface area contributed by atoms with Crippen molar-refractivity contribution in [1.82, 2.24) is 9.80 Å². The Kier molecular flexibility index (Phi) is 17.8. The molecule has 0 aromatic rings. The van der Waals surface area contributed by atoms with E-state index in [1.165, 1.54) is 161 Å². The summed E-state index contributed by atoms with van der Waals surface area (Å²) in [7, 11) is 0. The van der Waals surface area contributed by atoms with Gasteiger partial charge in [0.05, 0.1) is 0 Å². The smallest absolute Gasteiger partial charge is 0.0163 e. The van der Waals surface area contributed by atoms with Crippen LogP contribution in [-0.2, 0) is 0 Å². The lowest BCUT2D eigenvalue weighted by atomic mass is 9.46. The first-order valence-corrected chi connectivity index (χ1v) is 33.3. The summed E-state index contributed by atoms with van der Waals surface area (Å²) >= 11 is 0. The summed E-state index contributed by atoms with van der Waals surface area (Å²) < 4.78 is 0. The molecule has 0 aromatic carbocycles. The van der Waals surface area contributed by atoms with Gasteiger partial charge in [0, 0.05) is 36.3 Å². The molecule has 11 aliphatic rings. The van der Waals surface area contributed by atoms with Gasteiger partial charge < -0.3 is 0 Å². The highest BCUT2D eigenvalue weighted by molar-refractivity contribution is 5.11. The van der Waals surface area contributed by atoms with Gasteiger partial charge in [-0.1, -0.05) is 116 Å². The number of allylic oxidation sites excluding steroid dienone is 4. The maximum absolute atomic E-state index is 3.51. The molecule has 0 aromatic heterocycles. The Morgan fingerprint density at radius 3 is 0.929 bits per heavy atom. The van der Waals surface area contributed by atoms with E-state index < -0.39 is 0 Å². The van der Waals surface area contributed by atoms with Crippen molar-refractivity contribution in [3.63, 3.8) is 0 Å². The quantitative estimate of drug-likeness (QED) is 0.190. The van der Waals surface area contributed by atoms with Crippen LogP contribution in [0.15, 0.2) is 24.3 Å². The third-order valence-corrected chi connectivity index (χ3v) is 25.1. The van der Waals surface area contributed by atoms with Gasteiger partial charge in [0.1, 0.15) is 0 Å². The SMILES string of the molecule is CC1CCC(/C=C/C2CCC(N(C3CCC(C)CC3)C3CCC(C4C5CCCCC5C(N(C5CCC(C)CC5)C5CCC(/C=C/C6CCC(C)CC6)CC5)C5CCCCC54)C4CCCCC43)CC2)CC1. The van der Waals surface area contributed by atoms with E-state index in [0.717, 1.165) is 131 Å². The van der Waals surface area contributed by atoms with Gasteiger partial charge in [0.15, 0.2) is 0 Å². The molecule has 70 heavy (non-hydrogen) atoms. The van der Waals surface area contributed by atoms with Crippen molar-refractivity contribution in [2.75, 3.05) is 0 Å². The van der Waals surface area contributed by atoms with Gasteiger partial charge in [0.2, 0.25) is 0 Å². The van der Waals surface area contributed by atoms with Crippen LogP contribution < -0.4 is 0 Å². The zero-order valence-electron chi connectivity index (χ0n) is 46.8. The number of hydrogen-bond acceptors (Lipinski definition) is 2. The molecule has 0 aliphatic heterocycles. The van der Waals surface area contributed by atoms with Gasteiger partial charge in [-0.3, -0.25) is 9.80 Å². The van der Waals surface area contributed by atoms with Crippen LogP contribution in [0.5, 0.6) is 0 Å². The minimum atomic E-state index is 0.855. The second-order valence-electron chi connectivity index (χ2n) is 29.4. The van der Waals surface area contributed by atoms with Crippen molar-refractivity contribution in [2.45, 2.75) is 308 Å². The molecule has 8 unspecified atom stereocenters. The fourth-order valence-electron chi connectivity index (χ4n) is 21.2. The second-order valence-corrected chi connectivity index (χ2v) is 29.4. The van der Waals surface area contributed by atoms with E-state index >= 15 is 0 Å². The summed E-state index contributed by atoms with van der Waals surface area (Å²) in [5.41, 5.74) is 0. The highest BCUT2D eigenvalue weighted by Crippen LogP contribution is 2.62. The molecule has 0 heterocycles. The van der Waals surface area contributed by atoms with E-state index in [0.29, 0.717) is 0 Å². The molecule has 2 nitrogen and oxygen atoms in total. The van der Waals surface area contributed by atoms with Crippen molar-refractivity contribution in [3.05, 3.63) is 24.3 Å². The summed E-state index contributed by atoms with van der Waals surface area (Å²) in [6.07, 6.45) is 68.5. The normalized spacial score (nSPS) is 48.8. The summed E-state index contributed by atoms with van der Waals surface area (Å²) in [6.45, 7) is 10.1. The van der Waals surface area contributed by atoms with E-state index in [1.54, 1.807) is 83.5 Å². The number of rotatable bonds is 11. The monoisotopic (exact) mass is 959 g/mol. The van der Waals surface area contributed by atoms with Gasteiger partial charge in [-0.25, -0.2) is 0 Å². The Labute approximate surface area is 434 Å². The van der Waals surface area contributed by atoms with E-state index in [-0.39, 0.29) is 0 Å². The standard InChI is InChI=1S/C68H114N2/c1-47-17-25-51(26-18-47)29-31-53-33-41-56(42-34-53)69(55-37-21-49(3)22-38-55)66-46-45-63(59-11-5-6-12-60(59)66)67-61-13-7-9-15-64(61)68(65-16-10-8-14-62(65)67)70(57-39-23-50(4)24-40-57)58-43-35-54(36-44-58)32-30-52-27-19-48(2)20-28-52/h29-32,47-68H,5-28,33-46H2,1-4H3/b31-29+,32-30+. The van der Waals surface area contributed by atoms with Crippen molar-refractivity contribution >= 4 is 0 Å². The van der Waals surface area contributed by atoms with Crippen molar-refractivity contribution in [2.24, 2.45) is 94.7 Å². The second kappa shape index (κ2) is 24.2. The van der Waals surface area contributed by atoms with Gasteiger partial charge in [-0.05, 0) is 274 Å². The molecule has 0 N–H and O–H groups in total. The fourth-order valence-corrected chi connectivity index (χ4v) is 21.2. The maximum Gasteiger partial charge on any atom is 0.0163 e. The molecule has 0 saturated heterocycles. The molecule has 11 fully saturated rings. The minimum absolute atomic E-state index is 0.855. The Morgan fingerprint density at radius 1 is 0.243 bits per heavy atom. The third-order valence-electron chi connectivity index (χ3n) is 25.1. The summed E-state index contributed by atoms with van der Waals surface area (Å²) in [4.78, 5) is 6.95. The summed E-state index contributed by atoms with van der Waals surface area (Å²) in [5.74, 6) is 15.4. The number of fused-ring (bicyclic) bond motifs is 3. The topological polar surface area (TPSA) is 6.48 Å². The third kappa shape index (κ3) is 11.7. The molecular weight excluding hydrogens is 845 g/mol. The zero-order chi connectivity index (χ0) is 47.6. The molecule has 11 aliphatic carbocycles. The summed E-state index contributed by atoms with van der Waals surface area (Å²) in [6, 6.07) is 5.28.